The van der Waals surface area contributed by atoms with E-state index < -0.39 is 0 Å². The van der Waals surface area contributed by atoms with Crippen LogP contribution < -0.4 is 10.6 Å². The molecule has 6 nitrogen and oxygen atoms in total. The maximum Gasteiger partial charge on any atom is 0.224 e. The van der Waals surface area contributed by atoms with Gasteiger partial charge in [0.05, 0.1) is 5.69 Å². The van der Waals surface area contributed by atoms with Gasteiger partial charge in [-0.15, -0.1) is 0 Å². The van der Waals surface area contributed by atoms with Crippen LogP contribution in [0.1, 0.15) is 35.9 Å². The topological polar surface area (TPSA) is 84.2 Å². The summed E-state index contributed by atoms with van der Waals surface area (Å²) < 4.78 is 5.10. The third-order valence-corrected chi connectivity index (χ3v) is 3.70. The van der Waals surface area contributed by atoms with Crippen LogP contribution in [0.5, 0.6) is 0 Å². The summed E-state index contributed by atoms with van der Waals surface area (Å²) in [6.45, 7) is 7.02. The van der Waals surface area contributed by atoms with Crippen molar-refractivity contribution in [1.82, 2.24) is 5.16 Å². The van der Waals surface area contributed by atoms with Gasteiger partial charge in [0, 0.05) is 30.3 Å². The summed E-state index contributed by atoms with van der Waals surface area (Å²) in [5.74, 6) is 0.516. The van der Waals surface area contributed by atoms with E-state index in [9.17, 15) is 9.59 Å². The largest absolute Gasteiger partial charge is 0.361 e. The minimum atomic E-state index is -0.144. The molecular weight excluding hydrogens is 294 g/mol. The van der Waals surface area contributed by atoms with Crippen LogP contribution in [0.3, 0.4) is 0 Å². The molecule has 2 amide bonds. The number of anilines is 2. The van der Waals surface area contributed by atoms with E-state index in [0.29, 0.717) is 24.2 Å². The van der Waals surface area contributed by atoms with Gasteiger partial charge in [-0.05, 0) is 44.9 Å². The van der Waals surface area contributed by atoms with E-state index in [4.69, 9.17) is 4.52 Å². The van der Waals surface area contributed by atoms with Gasteiger partial charge in [-0.3, -0.25) is 9.59 Å². The van der Waals surface area contributed by atoms with Crippen molar-refractivity contribution in [2.75, 3.05) is 10.6 Å². The molecule has 0 aliphatic carbocycles. The summed E-state index contributed by atoms with van der Waals surface area (Å²) in [6.07, 6.45) is 0.921. The first-order valence-electron chi connectivity index (χ1n) is 7.47. The average molecular weight is 315 g/mol. The molecule has 6 heteroatoms. The second-order valence-corrected chi connectivity index (χ2v) is 5.51. The summed E-state index contributed by atoms with van der Waals surface area (Å²) in [4.78, 5) is 23.3. The third kappa shape index (κ3) is 4.18. The summed E-state index contributed by atoms with van der Waals surface area (Å²) in [6, 6.07) is 5.41. The second kappa shape index (κ2) is 7.09. The van der Waals surface area contributed by atoms with Gasteiger partial charge in [-0.1, -0.05) is 11.2 Å². The van der Waals surface area contributed by atoms with Crippen LogP contribution in [0.2, 0.25) is 0 Å². The molecular formula is C17H21N3O3. The first-order chi connectivity index (χ1) is 10.9. The lowest BCUT2D eigenvalue weighted by atomic mass is 10.1. The molecule has 0 aliphatic rings. The zero-order chi connectivity index (χ0) is 17.0. The molecule has 0 bridgehead atoms. The molecule has 0 atom stereocenters. The lowest BCUT2D eigenvalue weighted by Gasteiger charge is -2.12. The third-order valence-electron chi connectivity index (χ3n) is 3.70. The zero-order valence-corrected chi connectivity index (χ0v) is 13.8. The van der Waals surface area contributed by atoms with E-state index >= 15 is 0 Å². The van der Waals surface area contributed by atoms with E-state index in [1.165, 1.54) is 6.92 Å². The Hall–Kier alpha value is -2.63. The van der Waals surface area contributed by atoms with Gasteiger partial charge >= 0.3 is 0 Å². The van der Waals surface area contributed by atoms with Gasteiger partial charge in [0.15, 0.2) is 0 Å². The van der Waals surface area contributed by atoms with Crippen molar-refractivity contribution in [3.05, 3.63) is 40.8 Å². The molecule has 1 aromatic carbocycles. The average Bonchev–Trinajstić information content (AvgIpc) is 2.80. The number of carbonyl (C=O) groups is 2. The standard InChI is InChI=1S/C17H21N3O3/c1-10-15(18-13(4)21)6-5-7-16(10)19-17(22)9-8-14-11(2)20-23-12(14)3/h5-7H,8-9H2,1-4H3,(H,18,21)(H,19,22). The lowest BCUT2D eigenvalue weighted by Crippen LogP contribution is -2.15. The molecule has 1 aromatic heterocycles. The molecule has 0 spiro atoms. The number of benzene rings is 1. The van der Waals surface area contributed by atoms with Crippen LogP contribution >= 0.6 is 0 Å². The minimum absolute atomic E-state index is 0.0897. The molecule has 2 aromatic rings. The highest BCUT2D eigenvalue weighted by Crippen LogP contribution is 2.23. The SMILES string of the molecule is CC(=O)Nc1cccc(NC(=O)CCc2c(C)noc2C)c1C. The fourth-order valence-electron chi connectivity index (χ4n) is 2.41. The van der Waals surface area contributed by atoms with Crippen LogP contribution in [0.25, 0.3) is 0 Å². The van der Waals surface area contributed by atoms with Crippen LogP contribution in [-0.2, 0) is 16.0 Å². The van der Waals surface area contributed by atoms with Crippen LogP contribution in [0.15, 0.2) is 22.7 Å². The first kappa shape index (κ1) is 16.7. The Morgan fingerprint density at radius 1 is 1.13 bits per heavy atom. The smallest absolute Gasteiger partial charge is 0.224 e. The zero-order valence-electron chi connectivity index (χ0n) is 13.8. The Kier molecular flexibility index (Phi) is 5.16. The summed E-state index contributed by atoms with van der Waals surface area (Å²) in [5.41, 5.74) is 4.01. The van der Waals surface area contributed by atoms with Crippen molar-refractivity contribution in [3.63, 3.8) is 0 Å². The highest BCUT2D eigenvalue weighted by Gasteiger charge is 2.12. The van der Waals surface area contributed by atoms with E-state index in [-0.39, 0.29) is 11.8 Å². The molecule has 0 radical (unpaired) electrons. The minimum Gasteiger partial charge on any atom is -0.361 e. The monoisotopic (exact) mass is 315 g/mol. The molecule has 0 unspecified atom stereocenters. The Morgan fingerprint density at radius 3 is 2.35 bits per heavy atom. The van der Waals surface area contributed by atoms with Gasteiger partial charge in [0.25, 0.3) is 0 Å². The summed E-state index contributed by atoms with van der Waals surface area (Å²) in [5, 5.41) is 9.51. The van der Waals surface area contributed by atoms with Crippen LogP contribution in [0.4, 0.5) is 11.4 Å². The quantitative estimate of drug-likeness (QED) is 0.888. The van der Waals surface area contributed by atoms with Crippen LogP contribution in [-0.4, -0.2) is 17.0 Å². The molecule has 2 N–H and O–H groups in total. The van der Waals surface area contributed by atoms with Crippen molar-refractivity contribution < 1.29 is 14.1 Å². The highest BCUT2D eigenvalue weighted by atomic mass is 16.5. The maximum atomic E-state index is 12.2. The van der Waals surface area contributed by atoms with Gasteiger partial charge in [0.1, 0.15) is 5.76 Å². The van der Waals surface area contributed by atoms with Crippen molar-refractivity contribution in [1.29, 1.82) is 0 Å². The number of aryl methyl sites for hydroxylation is 2. The van der Waals surface area contributed by atoms with Crippen molar-refractivity contribution >= 4 is 23.2 Å². The number of amides is 2. The Labute approximate surface area is 135 Å². The van der Waals surface area contributed by atoms with E-state index in [0.717, 1.165) is 22.6 Å². The fraction of sp³-hybridized carbons (Fsp3) is 0.353. The number of aromatic nitrogens is 1. The fourth-order valence-corrected chi connectivity index (χ4v) is 2.41. The number of nitrogens with one attached hydrogen (secondary N) is 2. The van der Waals surface area contributed by atoms with Crippen LogP contribution in [0, 0.1) is 20.8 Å². The van der Waals surface area contributed by atoms with Gasteiger partial charge < -0.3 is 15.2 Å². The predicted molar refractivity (Wildman–Crippen MR) is 88.4 cm³/mol. The number of carbonyl (C=O) groups excluding carboxylic acids is 2. The van der Waals surface area contributed by atoms with Gasteiger partial charge in [-0.25, -0.2) is 0 Å². The normalized spacial score (nSPS) is 10.4. The van der Waals surface area contributed by atoms with Crippen molar-refractivity contribution in [3.8, 4) is 0 Å². The number of hydrogen-bond donors (Lipinski definition) is 2. The first-order valence-corrected chi connectivity index (χ1v) is 7.47. The predicted octanol–water partition coefficient (Wildman–Crippen LogP) is 3.13. The molecule has 0 saturated heterocycles. The molecule has 122 valence electrons. The maximum absolute atomic E-state index is 12.2. The summed E-state index contributed by atoms with van der Waals surface area (Å²) >= 11 is 0. The molecule has 0 fully saturated rings. The molecule has 0 aliphatic heterocycles. The summed E-state index contributed by atoms with van der Waals surface area (Å²) in [7, 11) is 0. The number of rotatable bonds is 5. The van der Waals surface area contributed by atoms with E-state index in [1.807, 2.05) is 26.8 Å². The van der Waals surface area contributed by atoms with E-state index in [2.05, 4.69) is 15.8 Å². The molecule has 0 saturated carbocycles. The van der Waals surface area contributed by atoms with E-state index in [1.54, 1.807) is 12.1 Å². The molecule has 2 rings (SSSR count). The van der Waals surface area contributed by atoms with Crippen molar-refractivity contribution in [2.24, 2.45) is 0 Å². The lowest BCUT2D eigenvalue weighted by molar-refractivity contribution is -0.116. The van der Waals surface area contributed by atoms with Gasteiger partial charge in [0.2, 0.25) is 11.8 Å². The Balaban J connectivity index is 2.02. The Bertz CT molecular complexity index is 715. The molecule has 23 heavy (non-hydrogen) atoms. The second-order valence-electron chi connectivity index (χ2n) is 5.51. The van der Waals surface area contributed by atoms with Gasteiger partial charge in [-0.2, -0.15) is 0 Å². The highest BCUT2D eigenvalue weighted by molar-refractivity contribution is 5.95. The number of nitrogens with zero attached hydrogens (tertiary/aromatic N) is 1. The molecule has 1 heterocycles. The number of hydrogen-bond acceptors (Lipinski definition) is 4. The van der Waals surface area contributed by atoms with Crippen molar-refractivity contribution in [2.45, 2.75) is 40.5 Å². The Morgan fingerprint density at radius 2 is 1.78 bits per heavy atom.